The molecule has 2 aromatic carbocycles. The third-order valence-corrected chi connectivity index (χ3v) is 8.12. The summed E-state index contributed by atoms with van der Waals surface area (Å²) in [6.45, 7) is 10.3. The summed E-state index contributed by atoms with van der Waals surface area (Å²) >= 11 is 0. The lowest BCUT2D eigenvalue weighted by Gasteiger charge is -2.36. The molecule has 6 nitrogen and oxygen atoms in total. The van der Waals surface area contributed by atoms with Gasteiger partial charge in [-0.15, -0.1) is 0 Å². The summed E-state index contributed by atoms with van der Waals surface area (Å²) in [5.74, 6) is -0.412. The Morgan fingerprint density at radius 1 is 1.24 bits per heavy atom. The number of carbonyl (C=O) groups excluding carboxylic acids is 1. The number of nitrogens with one attached hydrogen (secondary N) is 1. The van der Waals surface area contributed by atoms with Gasteiger partial charge in [-0.3, -0.25) is 0 Å². The molecule has 7 heteroatoms. The Morgan fingerprint density at radius 2 is 1.94 bits per heavy atom. The number of esters is 1. The number of fused-ring (bicyclic) bond motifs is 3. The summed E-state index contributed by atoms with van der Waals surface area (Å²) in [5.41, 5.74) is 11.6. The highest BCUT2D eigenvalue weighted by atomic mass is 32.2. The molecular weight excluding hydrogens is 446 g/mol. The summed E-state index contributed by atoms with van der Waals surface area (Å²) in [6.07, 6.45) is 1.45. The van der Waals surface area contributed by atoms with Crippen LogP contribution in [0.2, 0.25) is 0 Å². The van der Waals surface area contributed by atoms with E-state index in [9.17, 15) is 9.00 Å². The highest BCUT2D eigenvalue weighted by Crippen LogP contribution is 2.40. The first-order chi connectivity index (χ1) is 16.0. The number of nitrogens with zero attached hydrogens (tertiary/aromatic N) is 1. The van der Waals surface area contributed by atoms with E-state index in [1.807, 2.05) is 45.9 Å². The molecule has 0 radical (unpaired) electrons. The van der Waals surface area contributed by atoms with Gasteiger partial charge < -0.3 is 15.0 Å². The van der Waals surface area contributed by atoms with Gasteiger partial charge in [-0.25, -0.2) is 13.7 Å². The number of hydrogen-bond acceptors (Lipinski definition) is 4. The number of carbonyl (C=O) groups is 1. The van der Waals surface area contributed by atoms with Crippen LogP contribution in [0, 0.1) is 6.92 Å². The average molecular weight is 482 g/mol. The van der Waals surface area contributed by atoms with Crippen molar-refractivity contribution >= 4 is 27.9 Å². The van der Waals surface area contributed by atoms with Crippen molar-refractivity contribution in [3.05, 3.63) is 70.9 Å². The molecule has 0 fully saturated rings. The number of nitrogens with two attached hydrogens (primary N) is 1. The molecule has 1 aromatic heterocycles. The zero-order chi connectivity index (χ0) is 24.7. The highest BCUT2D eigenvalue weighted by molar-refractivity contribution is 7.84. The van der Waals surface area contributed by atoms with Gasteiger partial charge in [0.1, 0.15) is 6.04 Å². The molecule has 3 aromatic rings. The number of hydrogen-bond donors (Lipinski definition) is 2. The van der Waals surface area contributed by atoms with Crippen LogP contribution in [0.1, 0.15) is 62.5 Å². The molecule has 3 atom stereocenters. The molecule has 182 valence electrons. The van der Waals surface area contributed by atoms with Crippen molar-refractivity contribution in [2.45, 2.75) is 70.3 Å². The van der Waals surface area contributed by atoms with E-state index in [-0.39, 0.29) is 6.61 Å². The largest absolute Gasteiger partial charge is 0.465 e. The molecule has 0 aliphatic carbocycles. The van der Waals surface area contributed by atoms with E-state index in [1.54, 1.807) is 6.92 Å². The summed E-state index contributed by atoms with van der Waals surface area (Å²) in [7, 11) is -1.46. The maximum absolute atomic E-state index is 13.2. The highest BCUT2D eigenvalue weighted by Gasteiger charge is 2.39. The van der Waals surface area contributed by atoms with Gasteiger partial charge in [-0.05, 0) is 65.2 Å². The molecular formula is C27H35N3O3S. The second kappa shape index (κ2) is 9.29. The number of rotatable bonds is 6. The molecule has 0 saturated heterocycles. The first kappa shape index (κ1) is 24.6. The quantitative estimate of drug-likeness (QED) is 0.511. The van der Waals surface area contributed by atoms with E-state index in [4.69, 9.17) is 10.5 Å². The van der Waals surface area contributed by atoms with Crippen LogP contribution in [0.5, 0.6) is 0 Å². The minimum absolute atomic E-state index is 0.256. The van der Waals surface area contributed by atoms with Crippen molar-refractivity contribution in [3.63, 3.8) is 0 Å². The topological polar surface area (TPSA) is 86.3 Å². The maximum atomic E-state index is 13.2. The van der Waals surface area contributed by atoms with Crippen LogP contribution in [0.3, 0.4) is 0 Å². The Bertz CT molecular complexity index is 1230. The fraction of sp³-hybridized carbons (Fsp3) is 0.444. The first-order valence-corrected chi connectivity index (χ1v) is 13.0. The van der Waals surface area contributed by atoms with E-state index < -0.39 is 33.3 Å². The smallest absolute Gasteiger partial charge is 0.328 e. The zero-order valence-corrected chi connectivity index (χ0v) is 21.5. The van der Waals surface area contributed by atoms with Gasteiger partial charge in [0.15, 0.2) is 0 Å². The molecule has 1 unspecified atom stereocenters. The lowest BCUT2D eigenvalue weighted by atomic mass is 9.82. The van der Waals surface area contributed by atoms with Crippen molar-refractivity contribution in [3.8, 4) is 0 Å². The van der Waals surface area contributed by atoms with Crippen LogP contribution in [0.25, 0.3) is 10.9 Å². The monoisotopic (exact) mass is 481 g/mol. The normalized spacial score (nSPS) is 20.1. The number of benzene rings is 2. The van der Waals surface area contributed by atoms with Crippen LogP contribution in [-0.4, -0.2) is 26.1 Å². The van der Waals surface area contributed by atoms with Crippen LogP contribution >= 0.6 is 0 Å². The predicted molar refractivity (Wildman–Crippen MR) is 138 cm³/mol. The van der Waals surface area contributed by atoms with Crippen molar-refractivity contribution in [1.82, 2.24) is 9.29 Å². The fourth-order valence-corrected chi connectivity index (χ4v) is 5.54. The van der Waals surface area contributed by atoms with Crippen molar-refractivity contribution in [1.29, 1.82) is 0 Å². The van der Waals surface area contributed by atoms with Crippen LogP contribution in [0.15, 0.2) is 48.5 Å². The maximum Gasteiger partial charge on any atom is 0.328 e. The molecule has 0 bridgehead atoms. The molecule has 1 aliphatic rings. The molecule has 0 amide bonds. The Hall–Kier alpha value is -2.48. The van der Waals surface area contributed by atoms with Gasteiger partial charge in [0.2, 0.25) is 0 Å². The molecule has 0 spiro atoms. The van der Waals surface area contributed by atoms with Gasteiger partial charge in [0, 0.05) is 28.7 Å². The first-order valence-electron chi connectivity index (χ1n) is 11.9. The van der Waals surface area contributed by atoms with E-state index >= 15 is 0 Å². The summed E-state index contributed by atoms with van der Waals surface area (Å²) in [5, 5.41) is 0.976. The third kappa shape index (κ3) is 4.57. The molecule has 0 saturated carbocycles. The van der Waals surface area contributed by atoms with Gasteiger partial charge in [-0.1, -0.05) is 42.0 Å². The Labute approximate surface area is 204 Å². The van der Waals surface area contributed by atoms with E-state index in [2.05, 4.69) is 39.6 Å². The van der Waals surface area contributed by atoms with Crippen LogP contribution < -0.4 is 10.5 Å². The van der Waals surface area contributed by atoms with E-state index in [0.29, 0.717) is 13.0 Å². The minimum atomic E-state index is -1.46. The zero-order valence-electron chi connectivity index (χ0n) is 20.7. The summed E-state index contributed by atoms with van der Waals surface area (Å²) in [4.78, 5) is 13.2. The van der Waals surface area contributed by atoms with E-state index in [0.717, 1.165) is 39.7 Å². The molecule has 4 rings (SSSR count). The van der Waals surface area contributed by atoms with Crippen LogP contribution in [0.4, 0.5) is 0 Å². The fourth-order valence-electron chi connectivity index (χ4n) is 4.76. The molecule has 34 heavy (non-hydrogen) atoms. The third-order valence-electron chi connectivity index (χ3n) is 6.56. The van der Waals surface area contributed by atoms with Crippen molar-refractivity contribution in [2.75, 3.05) is 6.61 Å². The van der Waals surface area contributed by atoms with Crippen molar-refractivity contribution in [2.24, 2.45) is 5.73 Å². The van der Waals surface area contributed by atoms with E-state index in [1.165, 1.54) is 0 Å². The second-order valence-corrected chi connectivity index (χ2v) is 12.2. The average Bonchev–Trinajstić information content (AvgIpc) is 3.09. The number of aryl methyl sites for hydroxylation is 1. The summed E-state index contributed by atoms with van der Waals surface area (Å²) in [6, 6.07) is 15.6. The lowest BCUT2D eigenvalue weighted by molar-refractivity contribution is -0.145. The standard InChI is InChI=1S/C27H35N3O3S/c1-6-33-25(31)24(29-34(32)26(3,4)5)23-20-16-18(2)12-13-21(20)30-17-27(28,15-14-22(23)30)19-10-8-7-9-11-19/h7-13,16,24,29H,6,14-15,17,28H2,1-5H3/t24?,27-,34-/m1/s1. The van der Waals surface area contributed by atoms with Crippen LogP contribution in [-0.2, 0) is 39.0 Å². The number of ether oxygens (including phenoxy) is 1. The lowest BCUT2D eigenvalue weighted by Crippen LogP contribution is -2.45. The van der Waals surface area contributed by atoms with Gasteiger partial charge in [-0.2, -0.15) is 0 Å². The molecule has 3 N–H and O–H groups in total. The number of aromatic nitrogens is 1. The minimum Gasteiger partial charge on any atom is -0.465 e. The second-order valence-electron chi connectivity index (χ2n) is 10.2. The SMILES string of the molecule is CCOC(=O)C(N[S@](=O)C(C)(C)C)c1c2n(c3ccc(C)cc13)C[C@@](N)(c1ccccc1)CC2. The predicted octanol–water partition coefficient (Wildman–Crippen LogP) is 4.41. The Morgan fingerprint density at radius 3 is 2.59 bits per heavy atom. The van der Waals surface area contributed by atoms with Gasteiger partial charge >= 0.3 is 5.97 Å². The Balaban J connectivity index is 1.88. The summed E-state index contributed by atoms with van der Waals surface area (Å²) < 4.78 is 23.4. The molecule has 2 heterocycles. The van der Waals surface area contributed by atoms with Gasteiger partial charge in [0.25, 0.3) is 0 Å². The Kier molecular flexibility index (Phi) is 6.73. The molecule has 1 aliphatic heterocycles. The van der Waals surface area contributed by atoms with Gasteiger partial charge in [0.05, 0.1) is 27.9 Å². The van der Waals surface area contributed by atoms with Crippen molar-refractivity contribution < 1.29 is 13.7 Å².